The van der Waals surface area contributed by atoms with Crippen LogP contribution in [0.2, 0.25) is 0 Å². The molecule has 3 aromatic rings. The Hall–Kier alpha value is -3.34. The largest absolute Gasteiger partial charge is 0.497 e. The number of methoxy groups -OCH3 is 1. The second-order valence-electron chi connectivity index (χ2n) is 6.35. The van der Waals surface area contributed by atoms with Crippen LogP contribution in [0.15, 0.2) is 67.0 Å². The molecule has 2 heterocycles. The molecule has 0 atom stereocenters. The van der Waals surface area contributed by atoms with Crippen LogP contribution in [0, 0.1) is 0 Å². The van der Waals surface area contributed by atoms with Crippen LogP contribution in [0.5, 0.6) is 11.5 Å². The van der Waals surface area contributed by atoms with E-state index in [-0.39, 0.29) is 5.91 Å². The van der Waals surface area contributed by atoms with Crippen LogP contribution in [-0.2, 0) is 11.2 Å². The number of ether oxygens (including phenoxy) is 2. The summed E-state index contributed by atoms with van der Waals surface area (Å²) in [5.74, 6) is 1.60. The van der Waals surface area contributed by atoms with Crippen molar-refractivity contribution in [3.8, 4) is 22.6 Å². The number of amides is 1. The molecule has 0 bridgehead atoms. The SMILES string of the molecule is COc1ccc(-c2cncc(CC(=O)N3CCOc4ccccc43)c2)cc1. The highest BCUT2D eigenvalue weighted by Gasteiger charge is 2.23. The first kappa shape index (κ1) is 17.1. The number of hydrogen-bond acceptors (Lipinski definition) is 4. The number of pyridine rings is 1. The van der Waals surface area contributed by atoms with E-state index in [1.165, 1.54) is 0 Å². The van der Waals surface area contributed by atoms with Crippen molar-refractivity contribution in [3.05, 3.63) is 72.6 Å². The van der Waals surface area contributed by atoms with Gasteiger partial charge in [-0.3, -0.25) is 9.78 Å². The van der Waals surface area contributed by atoms with E-state index in [1.54, 1.807) is 24.4 Å². The maximum absolute atomic E-state index is 12.9. The monoisotopic (exact) mass is 360 g/mol. The van der Waals surface area contributed by atoms with Crippen molar-refractivity contribution in [2.24, 2.45) is 0 Å². The second kappa shape index (κ2) is 7.50. The van der Waals surface area contributed by atoms with Gasteiger partial charge in [0, 0.05) is 18.0 Å². The van der Waals surface area contributed by atoms with Gasteiger partial charge in [0.1, 0.15) is 18.1 Å². The Balaban J connectivity index is 1.54. The molecule has 5 nitrogen and oxygen atoms in total. The minimum absolute atomic E-state index is 0.0411. The van der Waals surface area contributed by atoms with Crippen molar-refractivity contribution in [1.29, 1.82) is 0 Å². The summed E-state index contributed by atoms with van der Waals surface area (Å²) in [5, 5.41) is 0. The normalized spacial score (nSPS) is 12.9. The van der Waals surface area contributed by atoms with Gasteiger partial charge in [-0.15, -0.1) is 0 Å². The van der Waals surface area contributed by atoms with E-state index in [1.807, 2.05) is 54.6 Å². The van der Waals surface area contributed by atoms with E-state index in [4.69, 9.17) is 9.47 Å². The highest BCUT2D eigenvalue weighted by atomic mass is 16.5. The summed E-state index contributed by atoms with van der Waals surface area (Å²) in [5.41, 5.74) is 3.73. The number of anilines is 1. The average molecular weight is 360 g/mol. The Morgan fingerprint density at radius 2 is 1.93 bits per heavy atom. The Bertz CT molecular complexity index is 954. The van der Waals surface area contributed by atoms with Crippen molar-refractivity contribution in [3.63, 3.8) is 0 Å². The van der Waals surface area contributed by atoms with Crippen LogP contribution in [0.4, 0.5) is 5.69 Å². The lowest BCUT2D eigenvalue weighted by atomic mass is 10.0. The van der Waals surface area contributed by atoms with Gasteiger partial charge < -0.3 is 14.4 Å². The zero-order chi connectivity index (χ0) is 18.6. The third-order valence-corrected chi connectivity index (χ3v) is 4.60. The number of aromatic nitrogens is 1. The predicted molar refractivity (Wildman–Crippen MR) is 104 cm³/mol. The van der Waals surface area contributed by atoms with Crippen LogP contribution in [0.25, 0.3) is 11.1 Å². The van der Waals surface area contributed by atoms with Crippen LogP contribution in [0.3, 0.4) is 0 Å². The van der Waals surface area contributed by atoms with Gasteiger partial charge in [0.2, 0.25) is 5.91 Å². The molecule has 0 saturated heterocycles. The lowest BCUT2D eigenvalue weighted by molar-refractivity contribution is -0.118. The Kier molecular flexibility index (Phi) is 4.75. The maximum atomic E-state index is 12.9. The Morgan fingerprint density at radius 3 is 2.74 bits per heavy atom. The summed E-state index contributed by atoms with van der Waals surface area (Å²) in [6.45, 7) is 1.06. The lowest BCUT2D eigenvalue weighted by Gasteiger charge is -2.29. The highest BCUT2D eigenvalue weighted by molar-refractivity contribution is 5.96. The molecule has 1 aliphatic rings. The second-order valence-corrected chi connectivity index (χ2v) is 6.35. The maximum Gasteiger partial charge on any atom is 0.231 e. The molecular formula is C22H20N2O3. The summed E-state index contributed by atoms with van der Waals surface area (Å²) in [7, 11) is 1.65. The van der Waals surface area contributed by atoms with Crippen molar-refractivity contribution < 1.29 is 14.3 Å². The van der Waals surface area contributed by atoms with Crippen LogP contribution < -0.4 is 14.4 Å². The summed E-state index contributed by atoms with van der Waals surface area (Å²) in [6, 6.07) is 17.4. The van der Waals surface area contributed by atoms with Crippen molar-refractivity contribution >= 4 is 11.6 Å². The molecule has 0 saturated carbocycles. The number of fused-ring (bicyclic) bond motifs is 1. The van der Waals surface area contributed by atoms with Crippen LogP contribution in [-0.4, -0.2) is 31.2 Å². The third kappa shape index (κ3) is 3.62. The van der Waals surface area contributed by atoms with Crippen LogP contribution in [0.1, 0.15) is 5.56 Å². The quantitative estimate of drug-likeness (QED) is 0.711. The van der Waals surface area contributed by atoms with Gasteiger partial charge in [0.25, 0.3) is 0 Å². The predicted octanol–water partition coefficient (Wildman–Crippen LogP) is 3.73. The van der Waals surface area contributed by atoms with E-state index in [9.17, 15) is 4.79 Å². The van der Waals surface area contributed by atoms with E-state index in [0.717, 1.165) is 33.9 Å². The van der Waals surface area contributed by atoms with Gasteiger partial charge in [-0.05, 0) is 41.5 Å². The first-order valence-electron chi connectivity index (χ1n) is 8.85. The van der Waals surface area contributed by atoms with Crippen molar-refractivity contribution in [2.75, 3.05) is 25.2 Å². The Morgan fingerprint density at radius 1 is 1.11 bits per heavy atom. The van der Waals surface area contributed by atoms with E-state index >= 15 is 0 Å². The lowest BCUT2D eigenvalue weighted by Crippen LogP contribution is -2.38. The molecule has 2 aromatic carbocycles. The molecule has 0 spiro atoms. The fraction of sp³-hybridized carbons (Fsp3) is 0.182. The standard InChI is InChI=1S/C22H20N2O3/c1-26-19-8-6-17(7-9-19)18-12-16(14-23-15-18)13-22(25)24-10-11-27-21-5-3-2-4-20(21)24/h2-9,12,14-15H,10-11,13H2,1H3. The molecule has 0 aliphatic carbocycles. The smallest absolute Gasteiger partial charge is 0.231 e. The summed E-state index contributed by atoms with van der Waals surface area (Å²) in [4.78, 5) is 19.0. The minimum Gasteiger partial charge on any atom is -0.497 e. The molecule has 0 N–H and O–H groups in total. The van der Waals surface area contributed by atoms with Gasteiger partial charge >= 0.3 is 0 Å². The van der Waals surface area contributed by atoms with Gasteiger partial charge in [-0.25, -0.2) is 0 Å². The average Bonchev–Trinajstić information content (AvgIpc) is 2.73. The highest BCUT2D eigenvalue weighted by Crippen LogP contribution is 2.31. The molecule has 0 unspecified atom stereocenters. The van der Waals surface area contributed by atoms with Crippen molar-refractivity contribution in [2.45, 2.75) is 6.42 Å². The summed E-state index contributed by atoms with van der Waals surface area (Å²) >= 11 is 0. The van der Waals surface area contributed by atoms with Gasteiger partial charge in [0.15, 0.2) is 0 Å². The molecule has 0 fully saturated rings. The molecule has 0 radical (unpaired) electrons. The number of carbonyl (C=O) groups is 1. The minimum atomic E-state index is 0.0411. The topological polar surface area (TPSA) is 51.7 Å². The molecule has 4 rings (SSSR count). The third-order valence-electron chi connectivity index (χ3n) is 4.60. The number of nitrogens with zero attached hydrogens (tertiary/aromatic N) is 2. The zero-order valence-electron chi connectivity index (χ0n) is 15.1. The summed E-state index contributed by atoms with van der Waals surface area (Å²) in [6.07, 6.45) is 3.85. The van der Waals surface area contributed by atoms with E-state index < -0.39 is 0 Å². The van der Waals surface area contributed by atoms with Gasteiger partial charge in [0.05, 0.1) is 25.8 Å². The fourth-order valence-electron chi connectivity index (χ4n) is 3.22. The Labute approximate surface area is 158 Å². The zero-order valence-corrected chi connectivity index (χ0v) is 15.1. The first-order chi connectivity index (χ1) is 13.2. The molecule has 5 heteroatoms. The molecule has 136 valence electrons. The van der Waals surface area contributed by atoms with Gasteiger partial charge in [-0.2, -0.15) is 0 Å². The molecule has 1 amide bonds. The number of carbonyl (C=O) groups excluding carboxylic acids is 1. The molecule has 1 aromatic heterocycles. The number of hydrogen-bond donors (Lipinski definition) is 0. The van der Waals surface area contributed by atoms with Gasteiger partial charge in [-0.1, -0.05) is 24.3 Å². The van der Waals surface area contributed by atoms with Crippen LogP contribution >= 0.6 is 0 Å². The van der Waals surface area contributed by atoms with E-state index in [0.29, 0.717) is 19.6 Å². The fourth-order valence-corrected chi connectivity index (χ4v) is 3.22. The number of rotatable bonds is 4. The summed E-state index contributed by atoms with van der Waals surface area (Å²) < 4.78 is 10.8. The number of para-hydroxylation sites is 2. The van der Waals surface area contributed by atoms with Crippen molar-refractivity contribution in [1.82, 2.24) is 4.98 Å². The molecular weight excluding hydrogens is 340 g/mol. The van der Waals surface area contributed by atoms with E-state index in [2.05, 4.69) is 4.98 Å². The molecule has 27 heavy (non-hydrogen) atoms. The molecule has 1 aliphatic heterocycles. The number of benzene rings is 2. The first-order valence-corrected chi connectivity index (χ1v) is 8.85.